The third-order valence-electron chi connectivity index (χ3n) is 2.59. The summed E-state index contributed by atoms with van der Waals surface area (Å²) >= 11 is 6.84. The molecule has 0 radical (unpaired) electrons. The van der Waals surface area contributed by atoms with Gasteiger partial charge in [-0.2, -0.15) is 0 Å². The monoisotopic (exact) mass is 328 g/mol. The Bertz CT molecular complexity index is 621. The third kappa shape index (κ3) is 1.83. The van der Waals surface area contributed by atoms with E-state index in [2.05, 4.69) is 43.8 Å². The highest BCUT2D eigenvalue weighted by Crippen LogP contribution is 2.35. The summed E-state index contributed by atoms with van der Waals surface area (Å²) in [6.07, 6.45) is 0. The fourth-order valence-electron chi connectivity index (χ4n) is 1.74. The van der Waals surface area contributed by atoms with Crippen LogP contribution in [0.4, 0.5) is 0 Å². The largest absolute Gasteiger partial charge is 0.318 e. The number of rotatable bonds is 2. The minimum Gasteiger partial charge on any atom is -0.318 e. The number of aromatic nitrogens is 3. The van der Waals surface area contributed by atoms with Gasteiger partial charge in [-0.3, -0.25) is 0 Å². The highest BCUT2D eigenvalue weighted by atomic mass is 79.9. The van der Waals surface area contributed by atoms with Crippen LogP contribution in [0.2, 0.25) is 0 Å². The van der Waals surface area contributed by atoms with Crippen LogP contribution < -0.4 is 5.73 Å². The number of hydrogen-bond acceptors (Lipinski definition) is 5. The molecule has 0 saturated heterocycles. The third-order valence-corrected chi connectivity index (χ3v) is 5.33. The van der Waals surface area contributed by atoms with E-state index in [1.807, 2.05) is 7.05 Å². The zero-order valence-electron chi connectivity index (χ0n) is 8.92. The van der Waals surface area contributed by atoms with Crippen LogP contribution in [-0.2, 0) is 7.05 Å². The van der Waals surface area contributed by atoms with Gasteiger partial charge in [0.05, 0.1) is 11.7 Å². The first-order chi connectivity index (χ1) is 8.16. The average Bonchev–Trinajstić information content (AvgIpc) is 2.92. The first kappa shape index (κ1) is 11.3. The van der Waals surface area contributed by atoms with Crippen molar-refractivity contribution in [3.8, 4) is 0 Å². The summed E-state index contributed by atoms with van der Waals surface area (Å²) < 4.78 is 4.99. The maximum absolute atomic E-state index is 6.27. The summed E-state index contributed by atoms with van der Waals surface area (Å²) in [7, 11) is 1.85. The molecule has 1 unspecified atom stereocenters. The second-order valence-electron chi connectivity index (χ2n) is 3.66. The molecule has 0 fully saturated rings. The second-order valence-corrected chi connectivity index (χ2v) is 6.48. The van der Waals surface area contributed by atoms with Crippen LogP contribution in [0.5, 0.6) is 0 Å². The molecule has 0 saturated carbocycles. The summed E-state index contributed by atoms with van der Waals surface area (Å²) in [5.41, 5.74) is 7.17. The maximum atomic E-state index is 6.27. The highest BCUT2D eigenvalue weighted by Gasteiger charge is 2.20. The molecule has 1 atom stereocenters. The van der Waals surface area contributed by atoms with Crippen LogP contribution in [0.15, 0.2) is 22.1 Å². The zero-order chi connectivity index (χ0) is 12.0. The lowest BCUT2D eigenvalue weighted by molar-refractivity contribution is 0.654. The van der Waals surface area contributed by atoms with Gasteiger partial charge in [0.2, 0.25) is 0 Å². The van der Waals surface area contributed by atoms with Gasteiger partial charge in [0.1, 0.15) is 0 Å². The Morgan fingerprint density at radius 3 is 2.94 bits per heavy atom. The first-order valence-corrected chi connectivity index (χ1v) is 7.43. The summed E-state index contributed by atoms with van der Waals surface area (Å²) in [6, 6.07) is 4.08. The van der Waals surface area contributed by atoms with E-state index in [-0.39, 0.29) is 6.04 Å². The van der Waals surface area contributed by atoms with Crippen molar-refractivity contribution in [3.63, 3.8) is 0 Å². The summed E-state index contributed by atoms with van der Waals surface area (Å²) in [5.74, 6) is 0. The molecule has 0 aliphatic carbocycles. The van der Waals surface area contributed by atoms with Crippen molar-refractivity contribution in [1.29, 1.82) is 0 Å². The summed E-state index contributed by atoms with van der Waals surface area (Å²) in [4.78, 5) is 1.14. The van der Waals surface area contributed by atoms with Crippen molar-refractivity contribution in [1.82, 2.24) is 15.0 Å². The van der Waals surface area contributed by atoms with Crippen LogP contribution in [0.25, 0.3) is 9.40 Å². The van der Waals surface area contributed by atoms with Gasteiger partial charge in [0.25, 0.3) is 0 Å². The molecular weight excluding hydrogens is 320 g/mol. The highest BCUT2D eigenvalue weighted by molar-refractivity contribution is 9.10. The van der Waals surface area contributed by atoms with Crippen molar-refractivity contribution in [2.45, 2.75) is 6.04 Å². The maximum Gasteiger partial charge on any atom is 0.153 e. The van der Waals surface area contributed by atoms with E-state index in [0.717, 1.165) is 10.6 Å². The average molecular weight is 329 g/mol. The Labute approximate surface area is 114 Å². The second kappa shape index (κ2) is 4.16. The number of hydrogen-bond donors (Lipinski definition) is 1. The van der Waals surface area contributed by atoms with E-state index >= 15 is 0 Å². The quantitative estimate of drug-likeness (QED) is 0.786. The molecule has 0 bridgehead atoms. The Hall–Kier alpha value is -0.760. The van der Waals surface area contributed by atoms with Gasteiger partial charge in [-0.25, -0.2) is 4.68 Å². The van der Waals surface area contributed by atoms with Crippen LogP contribution in [0.1, 0.15) is 16.6 Å². The molecule has 2 N–H and O–H groups in total. The van der Waals surface area contributed by atoms with E-state index < -0.39 is 0 Å². The normalized spacial score (nSPS) is 13.4. The fourth-order valence-corrected chi connectivity index (χ4v) is 4.44. The first-order valence-electron chi connectivity index (χ1n) is 4.94. The molecule has 88 valence electrons. The number of nitrogens with zero attached hydrogens (tertiary/aromatic N) is 3. The smallest absolute Gasteiger partial charge is 0.153 e. The van der Waals surface area contributed by atoms with E-state index in [0.29, 0.717) is 4.60 Å². The SMILES string of the molecule is Cn1nnc(Br)c1C(N)c1cc2sccc2s1. The Morgan fingerprint density at radius 2 is 2.29 bits per heavy atom. The van der Waals surface area contributed by atoms with E-state index in [4.69, 9.17) is 5.73 Å². The van der Waals surface area contributed by atoms with Gasteiger partial charge in [0.15, 0.2) is 4.60 Å². The van der Waals surface area contributed by atoms with Crippen LogP contribution >= 0.6 is 38.6 Å². The van der Waals surface area contributed by atoms with Gasteiger partial charge >= 0.3 is 0 Å². The van der Waals surface area contributed by atoms with E-state index in [1.165, 1.54) is 9.40 Å². The van der Waals surface area contributed by atoms with Gasteiger partial charge in [-0.1, -0.05) is 5.21 Å². The molecular formula is C10H9BrN4S2. The molecule has 7 heteroatoms. The van der Waals surface area contributed by atoms with Gasteiger partial charge < -0.3 is 5.73 Å². The van der Waals surface area contributed by atoms with Crippen molar-refractivity contribution < 1.29 is 0 Å². The van der Waals surface area contributed by atoms with Crippen molar-refractivity contribution in [2.24, 2.45) is 12.8 Å². The minimum absolute atomic E-state index is 0.186. The van der Waals surface area contributed by atoms with Crippen molar-refractivity contribution in [3.05, 3.63) is 32.7 Å². The molecule has 0 aromatic carbocycles. The number of fused-ring (bicyclic) bond motifs is 1. The Balaban J connectivity index is 2.07. The molecule has 0 aliphatic heterocycles. The lowest BCUT2D eigenvalue weighted by atomic mass is 10.2. The fraction of sp³-hybridized carbons (Fsp3) is 0.200. The number of nitrogens with two attached hydrogens (primary N) is 1. The molecule has 17 heavy (non-hydrogen) atoms. The number of halogens is 1. The van der Waals surface area contributed by atoms with Crippen molar-refractivity contribution in [2.75, 3.05) is 0 Å². The molecule has 3 aromatic heterocycles. The predicted octanol–water partition coefficient (Wildman–Crippen LogP) is 2.90. The topological polar surface area (TPSA) is 56.7 Å². The van der Waals surface area contributed by atoms with Crippen molar-refractivity contribution >= 4 is 48.0 Å². The standard InChI is InChI=1S/C10H9BrN4S2/c1-15-9(10(11)13-14-15)8(12)7-4-6-5(17-7)2-3-16-6/h2-4,8H,12H2,1H3. The number of aryl methyl sites for hydroxylation is 1. The lowest BCUT2D eigenvalue weighted by Crippen LogP contribution is -2.15. The molecule has 0 spiro atoms. The Kier molecular flexibility index (Phi) is 2.78. The van der Waals surface area contributed by atoms with Gasteiger partial charge in [0, 0.05) is 21.3 Å². The number of thiophene rings is 2. The molecule has 3 aromatic rings. The predicted molar refractivity (Wildman–Crippen MR) is 74.4 cm³/mol. The molecule has 3 rings (SSSR count). The summed E-state index contributed by atoms with van der Waals surface area (Å²) in [6.45, 7) is 0. The van der Waals surface area contributed by atoms with Crippen LogP contribution in [-0.4, -0.2) is 15.0 Å². The van der Waals surface area contributed by atoms with Crippen LogP contribution in [0.3, 0.4) is 0 Å². The minimum atomic E-state index is -0.186. The molecule has 0 aliphatic rings. The summed E-state index contributed by atoms with van der Waals surface area (Å²) in [5, 5.41) is 10.0. The van der Waals surface area contributed by atoms with Gasteiger partial charge in [-0.15, -0.1) is 27.8 Å². The Morgan fingerprint density at radius 1 is 1.47 bits per heavy atom. The molecule has 0 amide bonds. The van der Waals surface area contributed by atoms with Gasteiger partial charge in [-0.05, 0) is 33.4 Å². The zero-order valence-corrected chi connectivity index (χ0v) is 12.1. The van der Waals surface area contributed by atoms with E-state index in [1.54, 1.807) is 27.4 Å². The molecule has 3 heterocycles. The van der Waals surface area contributed by atoms with E-state index in [9.17, 15) is 0 Å². The lowest BCUT2D eigenvalue weighted by Gasteiger charge is -2.09. The molecule has 4 nitrogen and oxygen atoms in total. The van der Waals surface area contributed by atoms with Crippen LogP contribution in [0, 0.1) is 0 Å².